The van der Waals surface area contributed by atoms with Gasteiger partial charge in [-0.1, -0.05) is 62.2 Å². The van der Waals surface area contributed by atoms with E-state index in [-0.39, 0.29) is 5.97 Å². The normalized spacial score (nSPS) is 10.8. The molecule has 0 spiro atoms. The highest BCUT2D eigenvalue weighted by molar-refractivity contribution is 5.72. The summed E-state index contributed by atoms with van der Waals surface area (Å²) in [5.41, 5.74) is 6.51. The summed E-state index contributed by atoms with van der Waals surface area (Å²) in [5, 5.41) is 0. The summed E-state index contributed by atoms with van der Waals surface area (Å²) in [6, 6.07) is 14.5. The maximum absolute atomic E-state index is 11.9. The van der Waals surface area contributed by atoms with Gasteiger partial charge in [0.05, 0.1) is 5.69 Å². The fourth-order valence-electron chi connectivity index (χ4n) is 3.89. The van der Waals surface area contributed by atoms with Gasteiger partial charge in [-0.25, -0.2) is 9.97 Å². The van der Waals surface area contributed by atoms with Crippen molar-refractivity contribution in [3.63, 3.8) is 0 Å². The van der Waals surface area contributed by atoms with E-state index in [1.807, 2.05) is 26.0 Å². The van der Waals surface area contributed by atoms with Crippen molar-refractivity contribution >= 4 is 11.8 Å². The maximum atomic E-state index is 11.9. The lowest BCUT2D eigenvalue weighted by Crippen LogP contribution is -2.26. The highest BCUT2D eigenvalue weighted by Gasteiger charge is 2.16. The summed E-state index contributed by atoms with van der Waals surface area (Å²) in [6.07, 6.45) is 5.07. The highest BCUT2D eigenvalue weighted by atomic mass is 16.5. The molecule has 0 N–H and O–H groups in total. The predicted octanol–water partition coefficient (Wildman–Crippen LogP) is 6.58. The molecule has 0 fully saturated rings. The van der Waals surface area contributed by atoms with Crippen LogP contribution in [0.5, 0.6) is 5.75 Å². The Hall–Kier alpha value is -3.21. The number of esters is 1. The third kappa shape index (κ3) is 6.41. The van der Waals surface area contributed by atoms with Crippen molar-refractivity contribution < 1.29 is 9.53 Å². The van der Waals surface area contributed by atoms with E-state index in [9.17, 15) is 4.79 Å². The number of carbonyl (C=O) groups is 1. The molecule has 5 nitrogen and oxygen atoms in total. The van der Waals surface area contributed by atoms with Gasteiger partial charge in [-0.2, -0.15) is 0 Å². The zero-order chi connectivity index (χ0) is 23.8. The first-order chi connectivity index (χ1) is 15.9. The molecule has 2 aromatic carbocycles. The summed E-state index contributed by atoms with van der Waals surface area (Å²) < 4.78 is 5.51. The molecule has 33 heavy (non-hydrogen) atoms. The van der Waals surface area contributed by atoms with Crippen molar-refractivity contribution in [3.05, 3.63) is 71.0 Å². The quantitative estimate of drug-likeness (QED) is 0.260. The Morgan fingerprint density at radius 2 is 1.73 bits per heavy atom. The van der Waals surface area contributed by atoms with Crippen LogP contribution in [0.15, 0.2) is 48.8 Å². The van der Waals surface area contributed by atoms with E-state index < -0.39 is 0 Å². The van der Waals surface area contributed by atoms with E-state index >= 15 is 0 Å². The van der Waals surface area contributed by atoms with Crippen molar-refractivity contribution in [2.75, 3.05) is 11.4 Å². The van der Waals surface area contributed by atoms with Crippen molar-refractivity contribution in [3.8, 4) is 17.0 Å². The minimum absolute atomic E-state index is 0.182. The molecule has 0 aliphatic rings. The first-order valence-electron chi connectivity index (χ1n) is 11.9. The number of nitrogens with zero attached hydrogens (tertiary/aromatic N) is 3. The first-order valence-corrected chi connectivity index (χ1v) is 11.9. The molecule has 1 aromatic heterocycles. The van der Waals surface area contributed by atoms with Gasteiger partial charge in [0.2, 0.25) is 0 Å². The minimum Gasteiger partial charge on any atom is -0.426 e. The Morgan fingerprint density at radius 3 is 2.39 bits per heavy atom. The molecule has 3 aromatic rings. The Labute approximate surface area is 197 Å². The first kappa shape index (κ1) is 24.4. The lowest BCUT2D eigenvalue weighted by molar-refractivity contribution is -0.134. The SMILES string of the molecule is CCCCN(Cc1ccc(OC(=O)CCC)c(C)c1)c1ncnc(-c2ccc(C)cc2)c1C. The summed E-state index contributed by atoms with van der Waals surface area (Å²) in [4.78, 5) is 23.5. The summed E-state index contributed by atoms with van der Waals surface area (Å²) in [5.74, 6) is 1.42. The molecule has 5 heteroatoms. The second-order valence-electron chi connectivity index (χ2n) is 8.64. The van der Waals surface area contributed by atoms with Crippen molar-refractivity contribution in [2.45, 2.75) is 66.8 Å². The third-order valence-corrected chi connectivity index (χ3v) is 5.75. The van der Waals surface area contributed by atoms with E-state index in [1.54, 1.807) is 6.33 Å². The number of carbonyl (C=O) groups excluding carboxylic acids is 1. The fraction of sp³-hybridized carbons (Fsp3) is 0.393. The molecular formula is C28H35N3O2. The van der Waals surface area contributed by atoms with Gasteiger partial charge in [0, 0.05) is 30.6 Å². The van der Waals surface area contributed by atoms with Crippen LogP contribution in [0.4, 0.5) is 5.82 Å². The Morgan fingerprint density at radius 1 is 0.970 bits per heavy atom. The number of hydrogen-bond acceptors (Lipinski definition) is 5. The van der Waals surface area contributed by atoms with Crippen molar-refractivity contribution in [1.82, 2.24) is 9.97 Å². The second kappa shape index (κ2) is 11.6. The van der Waals surface area contributed by atoms with Crippen LogP contribution in [-0.2, 0) is 11.3 Å². The number of anilines is 1. The molecule has 0 saturated carbocycles. The van der Waals surface area contributed by atoms with Crippen molar-refractivity contribution in [1.29, 1.82) is 0 Å². The number of rotatable bonds is 10. The van der Waals surface area contributed by atoms with Crippen molar-refractivity contribution in [2.24, 2.45) is 0 Å². The van der Waals surface area contributed by atoms with Gasteiger partial charge >= 0.3 is 5.97 Å². The molecule has 3 rings (SSSR count). The molecule has 0 amide bonds. The van der Waals surface area contributed by atoms with Gasteiger partial charge in [0.25, 0.3) is 0 Å². The molecule has 174 valence electrons. The van der Waals surface area contributed by atoms with Gasteiger partial charge in [-0.05, 0) is 50.8 Å². The molecule has 0 atom stereocenters. The Balaban J connectivity index is 1.87. The van der Waals surface area contributed by atoms with E-state index in [0.717, 1.165) is 66.1 Å². The number of ether oxygens (including phenoxy) is 1. The lowest BCUT2D eigenvalue weighted by atomic mass is 10.0. The van der Waals surface area contributed by atoms with Crippen LogP contribution in [0, 0.1) is 20.8 Å². The maximum Gasteiger partial charge on any atom is 0.311 e. The van der Waals surface area contributed by atoms with Crippen LogP contribution in [0.1, 0.15) is 61.8 Å². The summed E-state index contributed by atoms with van der Waals surface area (Å²) in [6.45, 7) is 12.0. The molecule has 0 bridgehead atoms. The molecule has 0 saturated heterocycles. The number of unbranched alkanes of at least 4 members (excludes halogenated alkanes) is 1. The summed E-state index contributed by atoms with van der Waals surface area (Å²) in [7, 11) is 0. The predicted molar refractivity (Wildman–Crippen MR) is 135 cm³/mol. The molecule has 0 aliphatic carbocycles. The second-order valence-corrected chi connectivity index (χ2v) is 8.64. The van der Waals surface area contributed by atoms with Gasteiger partial charge in [-0.15, -0.1) is 0 Å². The van der Waals surface area contributed by atoms with Crippen LogP contribution in [-0.4, -0.2) is 22.5 Å². The van der Waals surface area contributed by atoms with Crippen LogP contribution >= 0.6 is 0 Å². The van der Waals surface area contributed by atoms with E-state index in [2.05, 4.69) is 66.0 Å². The Kier molecular flexibility index (Phi) is 8.58. The van der Waals surface area contributed by atoms with Gasteiger partial charge in [-0.3, -0.25) is 4.79 Å². The van der Waals surface area contributed by atoms with Crippen LogP contribution in [0.25, 0.3) is 11.3 Å². The number of hydrogen-bond donors (Lipinski definition) is 0. The van der Waals surface area contributed by atoms with E-state index in [1.165, 1.54) is 5.56 Å². The zero-order valence-corrected chi connectivity index (χ0v) is 20.5. The molecule has 0 unspecified atom stereocenters. The standard InChI is InChI=1S/C28H35N3O2/c1-6-8-16-31(18-23-12-15-25(21(4)17-23)33-26(32)9-7-2)28-22(5)27(29-19-30-28)24-13-10-20(3)11-14-24/h10-15,17,19H,6-9,16,18H2,1-5H3. The topological polar surface area (TPSA) is 55.3 Å². The average Bonchev–Trinajstić information content (AvgIpc) is 2.79. The smallest absolute Gasteiger partial charge is 0.311 e. The summed E-state index contributed by atoms with van der Waals surface area (Å²) >= 11 is 0. The highest BCUT2D eigenvalue weighted by Crippen LogP contribution is 2.29. The third-order valence-electron chi connectivity index (χ3n) is 5.75. The lowest BCUT2D eigenvalue weighted by Gasteiger charge is -2.26. The van der Waals surface area contributed by atoms with Crippen LogP contribution in [0.2, 0.25) is 0 Å². The van der Waals surface area contributed by atoms with Gasteiger partial charge < -0.3 is 9.64 Å². The van der Waals surface area contributed by atoms with E-state index in [0.29, 0.717) is 12.2 Å². The monoisotopic (exact) mass is 445 g/mol. The average molecular weight is 446 g/mol. The molecule has 0 aliphatic heterocycles. The zero-order valence-electron chi connectivity index (χ0n) is 20.5. The minimum atomic E-state index is -0.182. The number of aryl methyl sites for hydroxylation is 2. The molecule has 1 heterocycles. The van der Waals surface area contributed by atoms with Gasteiger partial charge in [0.15, 0.2) is 0 Å². The van der Waals surface area contributed by atoms with Crippen LogP contribution < -0.4 is 9.64 Å². The Bertz CT molecular complexity index is 1080. The number of benzene rings is 2. The van der Waals surface area contributed by atoms with Gasteiger partial charge in [0.1, 0.15) is 17.9 Å². The largest absolute Gasteiger partial charge is 0.426 e. The molecule has 0 radical (unpaired) electrons. The fourth-order valence-corrected chi connectivity index (χ4v) is 3.89. The van der Waals surface area contributed by atoms with Crippen LogP contribution in [0.3, 0.4) is 0 Å². The number of aromatic nitrogens is 2. The van der Waals surface area contributed by atoms with E-state index in [4.69, 9.17) is 4.74 Å². The molecular weight excluding hydrogens is 410 g/mol.